The Kier molecular flexibility index (Phi) is 7.72. The highest BCUT2D eigenvalue weighted by Crippen LogP contribution is 2.27. The van der Waals surface area contributed by atoms with E-state index >= 15 is 0 Å². The molecule has 25 heavy (non-hydrogen) atoms. The average Bonchev–Trinajstić information content (AvgIpc) is 2.64. The van der Waals surface area contributed by atoms with E-state index in [1.165, 1.54) is 6.07 Å². The van der Waals surface area contributed by atoms with E-state index in [-0.39, 0.29) is 5.75 Å². The molecule has 2 aromatic carbocycles. The second-order valence-corrected chi connectivity index (χ2v) is 5.19. The van der Waals surface area contributed by atoms with Crippen molar-refractivity contribution in [1.82, 2.24) is 10.6 Å². The highest BCUT2D eigenvalue weighted by molar-refractivity contribution is 5.79. The van der Waals surface area contributed by atoms with Gasteiger partial charge < -0.3 is 20.1 Å². The topological polar surface area (TPSA) is 54.9 Å². The molecule has 5 nitrogen and oxygen atoms in total. The molecule has 0 aliphatic rings. The van der Waals surface area contributed by atoms with Crippen LogP contribution in [0, 0.1) is 5.82 Å². The lowest BCUT2D eigenvalue weighted by atomic mass is 10.2. The van der Waals surface area contributed by atoms with Gasteiger partial charge in [0.1, 0.15) is 5.75 Å². The molecule has 0 aliphatic heterocycles. The molecular formula is C19H24FN3O2. The minimum Gasteiger partial charge on any atom is -0.454 e. The number of nitrogens with zero attached hydrogens (tertiary/aromatic N) is 1. The van der Waals surface area contributed by atoms with Crippen LogP contribution in [0.15, 0.2) is 53.5 Å². The van der Waals surface area contributed by atoms with E-state index < -0.39 is 5.82 Å². The number of hydrogen-bond donors (Lipinski definition) is 2. The zero-order valence-corrected chi connectivity index (χ0v) is 14.6. The fourth-order valence-electron chi connectivity index (χ4n) is 2.18. The Morgan fingerprint density at radius 2 is 1.76 bits per heavy atom. The van der Waals surface area contributed by atoms with Crippen molar-refractivity contribution in [1.29, 1.82) is 0 Å². The molecule has 2 aromatic rings. The van der Waals surface area contributed by atoms with Gasteiger partial charge in [-0.05, 0) is 25.1 Å². The van der Waals surface area contributed by atoms with E-state index in [4.69, 9.17) is 9.47 Å². The Labute approximate surface area is 147 Å². The number of benzene rings is 2. The van der Waals surface area contributed by atoms with Gasteiger partial charge in [-0.25, -0.2) is 4.39 Å². The number of hydrogen-bond acceptors (Lipinski definition) is 3. The summed E-state index contributed by atoms with van der Waals surface area (Å²) in [5.74, 6) is 1.08. The third kappa shape index (κ3) is 6.08. The van der Waals surface area contributed by atoms with E-state index in [9.17, 15) is 4.39 Å². The Morgan fingerprint density at radius 3 is 2.48 bits per heavy atom. The predicted molar refractivity (Wildman–Crippen MR) is 97.6 cm³/mol. The SMILES string of the molecule is CCOCCNC(=NC)NCc1ccccc1Oc1ccccc1F. The van der Waals surface area contributed by atoms with Crippen LogP contribution < -0.4 is 15.4 Å². The van der Waals surface area contributed by atoms with Crippen LogP contribution in [0.1, 0.15) is 12.5 Å². The second kappa shape index (κ2) is 10.3. The Morgan fingerprint density at radius 1 is 1.04 bits per heavy atom. The van der Waals surface area contributed by atoms with E-state index in [2.05, 4.69) is 15.6 Å². The summed E-state index contributed by atoms with van der Waals surface area (Å²) in [5.41, 5.74) is 0.901. The maximum absolute atomic E-state index is 13.8. The van der Waals surface area contributed by atoms with Crippen molar-refractivity contribution in [3.63, 3.8) is 0 Å². The van der Waals surface area contributed by atoms with Crippen molar-refractivity contribution in [2.45, 2.75) is 13.5 Å². The normalized spacial score (nSPS) is 11.2. The highest BCUT2D eigenvalue weighted by Gasteiger charge is 2.08. The molecule has 0 bridgehead atoms. The number of aliphatic imine (C=N–C) groups is 1. The van der Waals surface area contributed by atoms with E-state index in [0.29, 0.717) is 38.0 Å². The first-order chi connectivity index (χ1) is 12.2. The molecule has 0 heterocycles. The van der Waals surface area contributed by atoms with Gasteiger partial charge in [0.15, 0.2) is 17.5 Å². The lowest BCUT2D eigenvalue weighted by molar-refractivity contribution is 0.152. The van der Waals surface area contributed by atoms with Crippen molar-refractivity contribution in [3.05, 3.63) is 59.9 Å². The smallest absolute Gasteiger partial charge is 0.191 e. The molecule has 0 atom stereocenters. The number of rotatable bonds is 8. The van der Waals surface area contributed by atoms with Gasteiger partial charge in [0.2, 0.25) is 0 Å². The fraction of sp³-hybridized carbons (Fsp3) is 0.316. The zero-order valence-electron chi connectivity index (χ0n) is 14.6. The van der Waals surface area contributed by atoms with Crippen LogP contribution in [-0.2, 0) is 11.3 Å². The lowest BCUT2D eigenvalue weighted by Gasteiger charge is -2.15. The van der Waals surface area contributed by atoms with Crippen LogP contribution in [0.3, 0.4) is 0 Å². The summed E-state index contributed by atoms with van der Waals surface area (Å²) in [6.45, 7) is 4.43. The molecule has 134 valence electrons. The van der Waals surface area contributed by atoms with Crippen molar-refractivity contribution in [3.8, 4) is 11.5 Å². The van der Waals surface area contributed by atoms with Gasteiger partial charge >= 0.3 is 0 Å². The molecule has 0 saturated heterocycles. The molecule has 6 heteroatoms. The number of guanidine groups is 1. The van der Waals surface area contributed by atoms with E-state index in [1.54, 1.807) is 25.2 Å². The first kappa shape index (κ1) is 18.7. The molecular weight excluding hydrogens is 321 g/mol. The van der Waals surface area contributed by atoms with Crippen LogP contribution in [0.25, 0.3) is 0 Å². The molecule has 2 rings (SSSR count). The molecule has 0 saturated carbocycles. The van der Waals surface area contributed by atoms with Gasteiger partial charge in [0.05, 0.1) is 6.61 Å². The zero-order chi connectivity index (χ0) is 17.9. The third-order valence-electron chi connectivity index (χ3n) is 3.44. The van der Waals surface area contributed by atoms with Crippen molar-refractivity contribution in [2.75, 3.05) is 26.8 Å². The summed E-state index contributed by atoms with van der Waals surface area (Å²) >= 11 is 0. The average molecular weight is 345 g/mol. The maximum Gasteiger partial charge on any atom is 0.191 e. The second-order valence-electron chi connectivity index (χ2n) is 5.19. The molecule has 0 fully saturated rings. The summed E-state index contributed by atoms with van der Waals surface area (Å²) in [6.07, 6.45) is 0. The Bertz CT molecular complexity index is 692. The maximum atomic E-state index is 13.8. The van der Waals surface area contributed by atoms with Gasteiger partial charge in [0.25, 0.3) is 0 Å². The fourth-order valence-corrected chi connectivity index (χ4v) is 2.18. The van der Waals surface area contributed by atoms with E-state index in [0.717, 1.165) is 5.56 Å². The van der Waals surface area contributed by atoms with Gasteiger partial charge in [-0.2, -0.15) is 0 Å². The molecule has 0 amide bonds. The molecule has 0 radical (unpaired) electrons. The number of para-hydroxylation sites is 2. The van der Waals surface area contributed by atoms with Crippen LogP contribution in [0.4, 0.5) is 4.39 Å². The van der Waals surface area contributed by atoms with Gasteiger partial charge in [-0.1, -0.05) is 30.3 Å². The largest absolute Gasteiger partial charge is 0.454 e. The molecule has 0 spiro atoms. The van der Waals surface area contributed by atoms with Gasteiger partial charge in [0, 0.05) is 32.3 Å². The predicted octanol–water partition coefficient (Wildman–Crippen LogP) is 3.32. The monoisotopic (exact) mass is 345 g/mol. The Balaban J connectivity index is 1.97. The summed E-state index contributed by atoms with van der Waals surface area (Å²) < 4.78 is 24.8. The summed E-state index contributed by atoms with van der Waals surface area (Å²) in [5, 5.41) is 6.38. The first-order valence-electron chi connectivity index (χ1n) is 8.27. The minimum absolute atomic E-state index is 0.203. The molecule has 0 aromatic heterocycles. The van der Waals surface area contributed by atoms with Crippen LogP contribution in [-0.4, -0.2) is 32.8 Å². The van der Waals surface area contributed by atoms with Gasteiger partial charge in [-0.3, -0.25) is 4.99 Å². The summed E-state index contributed by atoms with van der Waals surface area (Å²) in [7, 11) is 1.71. The number of halogens is 1. The number of nitrogens with one attached hydrogen (secondary N) is 2. The molecule has 2 N–H and O–H groups in total. The standard InChI is InChI=1S/C19H24FN3O2/c1-3-24-13-12-22-19(21-2)23-14-15-8-4-6-10-17(15)25-18-11-7-5-9-16(18)20/h4-11H,3,12-14H2,1-2H3,(H2,21,22,23). The molecule has 0 unspecified atom stereocenters. The summed E-state index contributed by atoms with van der Waals surface area (Å²) in [4.78, 5) is 4.17. The van der Waals surface area contributed by atoms with Crippen molar-refractivity contribution < 1.29 is 13.9 Å². The van der Waals surface area contributed by atoms with Crippen molar-refractivity contribution >= 4 is 5.96 Å². The van der Waals surface area contributed by atoms with Crippen LogP contribution in [0.5, 0.6) is 11.5 Å². The quantitative estimate of drug-likeness (QED) is 0.438. The van der Waals surface area contributed by atoms with E-state index in [1.807, 2.05) is 31.2 Å². The van der Waals surface area contributed by atoms with Crippen LogP contribution in [0.2, 0.25) is 0 Å². The molecule has 0 aliphatic carbocycles. The lowest BCUT2D eigenvalue weighted by Crippen LogP contribution is -2.38. The number of ether oxygens (including phenoxy) is 2. The van der Waals surface area contributed by atoms with Gasteiger partial charge in [-0.15, -0.1) is 0 Å². The highest BCUT2D eigenvalue weighted by atomic mass is 19.1. The minimum atomic E-state index is -0.390. The summed E-state index contributed by atoms with van der Waals surface area (Å²) in [6, 6.07) is 13.9. The van der Waals surface area contributed by atoms with Crippen molar-refractivity contribution in [2.24, 2.45) is 4.99 Å². The Hall–Kier alpha value is -2.60. The third-order valence-corrected chi connectivity index (χ3v) is 3.44. The van der Waals surface area contributed by atoms with Crippen LogP contribution >= 0.6 is 0 Å². The first-order valence-corrected chi connectivity index (χ1v) is 8.27.